The summed E-state index contributed by atoms with van der Waals surface area (Å²) in [6.07, 6.45) is -2.49. The lowest BCUT2D eigenvalue weighted by Gasteiger charge is -2.42. The molecule has 0 aromatic carbocycles. The Hall–Kier alpha value is -0.280. The van der Waals surface area contributed by atoms with Gasteiger partial charge in [-0.05, 0) is 83.1 Å². The van der Waals surface area contributed by atoms with E-state index in [2.05, 4.69) is 0 Å². The smallest absolute Gasteiger partial charge is 0.327 e. The highest BCUT2D eigenvalue weighted by Gasteiger charge is 2.46. The van der Waals surface area contributed by atoms with Gasteiger partial charge >= 0.3 is 6.16 Å². The molecular formula is C20H42O7. The molecule has 0 amide bonds. The maximum Gasteiger partial charge on any atom is 0.415 e. The zero-order chi connectivity index (χ0) is 21.4. The van der Waals surface area contributed by atoms with Crippen molar-refractivity contribution in [1.82, 2.24) is 0 Å². The van der Waals surface area contributed by atoms with Crippen molar-refractivity contribution in [2.45, 2.75) is 132 Å². The van der Waals surface area contributed by atoms with Gasteiger partial charge in [-0.2, -0.15) is 0 Å². The van der Waals surface area contributed by atoms with Crippen LogP contribution >= 0.6 is 0 Å². The molecule has 27 heavy (non-hydrogen) atoms. The van der Waals surface area contributed by atoms with Gasteiger partial charge in [0.15, 0.2) is 5.79 Å². The standard InChI is InChI=1S/C20H42O7/c1-13(2)21-18(22-14(3)4)26-19(11,12)27-20(23-15(5)6,24-16(7)8)25-17(9)10/h13-18H,1-12H3. The molecule has 0 aliphatic heterocycles. The van der Waals surface area contributed by atoms with Crippen molar-refractivity contribution in [3.05, 3.63) is 0 Å². The van der Waals surface area contributed by atoms with Crippen LogP contribution in [-0.4, -0.2) is 48.9 Å². The highest BCUT2D eigenvalue weighted by atomic mass is 17.0. The van der Waals surface area contributed by atoms with Crippen LogP contribution < -0.4 is 0 Å². The average molecular weight is 395 g/mol. The van der Waals surface area contributed by atoms with E-state index in [1.54, 1.807) is 13.8 Å². The van der Waals surface area contributed by atoms with E-state index in [0.29, 0.717) is 0 Å². The van der Waals surface area contributed by atoms with E-state index in [9.17, 15) is 0 Å². The van der Waals surface area contributed by atoms with Crippen LogP contribution in [0.15, 0.2) is 0 Å². The molecule has 7 heteroatoms. The third kappa shape index (κ3) is 12.7. The van der Waals surface area contributed by atoms with E-state index in [0.717, 1.165) is 0 Å². The topological polar surface area (TPSA) is 64.6 Å². The van der Waals surface area contributed by atoms with Crippen LogP contribution in [0.5, 0.6) is 0 Å². The molecule has 0 bridgehead atoms. The maximum atomic E-state index is 6.10. The summed E-state index contributed by atoms with van der Waals surface area (Å²) in [6, 6.07) is 0. The lowest BCUT2D eigenvalue weighted by Crippen LogP contribution is -2.53. The van der Waals surface area contributed by atoms with Gasteiger partial charge in [-0.15, -0.1) is 0 Å². The van der Waals surface area contributed by atoms with Crippen LogP contribution in [0.2, 0.25) is 0 Å². The SMILES string of the molecule is CC(C)OC(OC(C)C)OC(C)(C)OC(OC(C)C)(OC(C)C)OC(C)C. The van der Waals surface area contributed by atoms with E-state index < -0.39 is 18.4 Å². The largest absolute Gasteiger partial charge is 0.415 e. The summed E-state index contributed by atoms with van der Waals surface area (Å²) >= 11 is 0. The van der Waals surface area contributed by atoms with Gasteiger partial charge in [-0.3, -0.25) is 9.47 Å². The molecule has 0 N–H and O–H groups in total. The van der Waals surface area contributed by atoms with Crippen molar-refractivity contribution in [2.24, 2.45) is 0 Å². The first-order valence-electron chi connectivity index (χ1n) is 9.88. The molecule has 0 fully saturated rings. The first-order valence-corrected chi connectivity index (χ1v) is 9.88. The molecule has 0 aliphatic carbocycles. The van der Waals surface area contributed by atoms with Crippen molar-refractivity contribution >= 4 is 0 Å². The molecule has 0 radical (unpaired) electrons. The molecule has 0 unspecified atom stereocenters. The Morgan fingerprint density at radius 2 is 0.815 bits per heavy atom. The minimum atomic E-state index is -1.72. The summed E-state index contributed by atoms with van der Waals surface area (Å²) in [7, 11) is 0. The number of ether oxygens (including phenoxy) is 7. The van der Waals surface area contributed by atoms with Gasteiger partial charge < -0.3 is 23.7 Å². The van der Waals surface area contributed by atoms with Crippen LogP contribution in [0.25, 0.3) is 0 Å². The molecule has 7 nitrogen and oxygen atoms in total. The minimum Gasteiger partial charge on any atom is -0.327 e. The Labute approximate surface area is 165 Å². The Morgan fingerprint density at radius 3 is 1.07 bits per heavy atom. The van der Waals surface area contributed by atoms with Crippen molar-refractivity contribution in [1.29, 1.82) is 0 Å². The highest BCUT2D eigenvalue weighted by molar-refractivity contribution is 4.61. The lowest BCUT2D eigenvalue weighted by atomic mass is 10.4. The highest BCUT2D eigenvalue weighted by Crippen LogP contribution is 2.31. The fourth-order valence-electron chi connectivity index (χ4n) is 2.11. The number of hydrogen-bond acceptors (Lipinski definition) is 7. The second kappa shape index (κ2) is 11.7. The monoisotopic (exact) mass is 394 g/mol. The molecule has 0 spiro atoms. The fraction of sp³-hybridized carbons (Fsp3) is 1.00. The molecule has 0 saturated carbocycles. The Bertz CT molecular complexity index is 355. The van der Waals surface area contributed by atoms with Crippen molar-refractivity contribution in [3.8, 4) is 0 Å². The van der Waals surface area contributed by atoms with Crippen molar-refractivity contribution in [3.63, 3.8) is 0 Å². The summed E-state index contributed by atoms with van der Waals surface area (Å²) in [5, 5.41) is 0. The van der Waals surface area contributed by atoms with Gasteiger partial charge in [0.05, 0.1) is 30.5 Å². The zero-order valence-corrected chi connectivity index (χ0v) is 19.3. The summed E-state index contributed by atoms with van der Waals surface area (Å²) in [5.74, 6) is -1.19. The van der Waals surface area contributed by atoms with Gasteiger partial charge in [0, 0.05) is 0 Å². The van der Waals surface area contributed by atoms with Crippen molar-refractivity contribution < 1.29 is 33.2 Å². The van der Waals surface area contributed by atoms with Crippen LogP contribution in [0.3, 0.4) is 0 Å². The normalized spacial score (nSPS) is 14.0. The van der Waals surface area contributed by atoms with Crippen molar-refractivity contribution in [2.75, 3.05) is 0 Å². The third-order valence-corrected chi connectivity index (χ3v) is 2.66. The van der Waals surface area contributed by atoms with Crippen LogP contribution in [-0.2, 0) is 33.2 Å². The Kier molecular flexibility index (Phi) is 11.5. The molecule has 0 atom stereocenters. The predicted octanol–water partition coefficient (Wildman–Crippen LogP) is 4.78. The molecule has 164 valence electrons. The van der Waals surface area contributed by atoms with Gasteiger partial charge in [-0.25, -0.2) is 0 Å². The Morgan fingerprint density at radius 1 is 0.481 bits per heavy atom. The van der Waals surface area contributed by atoms with E-state index >= 15 is 0 Å². The zero-order valence-electron chi connectivity index (χ0n) is 19.3. The number of hydrogen-bond donors (Lipinski definition) is 0. The van der Waals surface area contributed by atoms with Crippen LogP contribution in [0, 0.1) is 0 Å². The second-order valence-corrected chi connectivity index (χ2v) is 8.28. The molecule has 0 aromatic rings. The summed E-state index contributed by atoms with van der Waals surface area (Å²) in [4.78, 5) is 0. The maximum absolute atomic E-state index is 6.10. The first kappa shape index (κ1) is 26.7. The number of rotatable bonds is 14. The quantitative estimate of drug-likeness (QED) is 0.393. The molecule has 0 rings (SSSR count). The molecule has 0 aromatic heterocycles. The second-order valence-electron chi connectivity index (χ2n) is 8.28. The minimum absolute atomic E-state index is 0.0833. The Balaban J connectivity index is 5.52. The third-order valence-electron chi connectivity index (χ3n) is 2.66. The first-order chi connectivity index (χ1) is 12.2. The van der Waals surface area contributed by atoms with E-state index in [1.807, 2.05) is 69.2 Å². The van der Waals surface area contributed by atoms with E-state index in [4.69, 9.17) is 33.2 Å². The van der Waals surface area contributed by atoms with Crippen LogP contribution in [0.4, 0.5) is 0 Å². The van der Waals surface area contributed by atoms with E-state index in [-0.39, 0.29) is 30.5 Å². The summed E-state index contributed by atoms with van der Waals surface area (Å²) in [5.41, 5.74) is 0. The molecule has 0 heterocycles. The summed E-state index contributed by atoms with van der Waals surface area (Å²) in [6.45, 7) is 21.5. The molecular weight excluding hydrogens is 352 g/mol. The molecule has 0 aliphatic rings. The van der Waals surface area contributed by atoms with Gasteiger partial charge in [0.25, 0.3) is 6.48 Å². The predicted molar refractivity (Wildman–Crippen MR) is 104 cm³/mol. The van der Waals surface area contributed by atoms with Crippen LogP contribution in [0.1, 0.15) is 83.1 Å². The lowest BCUT2D eigenvalue weighted by molar-refractivity contribution is -0.563. The van der Waals surface area contributed by atoms with E-state index in [1.165, 1.54) is 0 Å². The summed E-state index contributed by atoms with van der Waals surface area (Å²) < 4.78 is 41.2. The van der Waals surface area contributed by atoms with Gasteiger partial charge in [-0.1, -0.05) is 0 Å². The van der Waals surface area contributed by atoms with Gasteiger partial charge in [0.1, 0.15) is 0 Å². The average Bonchev–Trinajstić information content (AvgIpc) is 2.30. The van der Waals surface area contributed by atoms with Gasteiger partial charge in [0.2, 0.25) is 0 Å². The fourth-order valence-corrected chi connectivity index (χ4v) is 2.11. The molecule has 0 saturated heterocycles.